The van der Waals surface area contributed by atoms with E-state index in [2.05, 4.69) is 4.98 Å². The standard InChI is InChI=1S/C39H25N3/c1-3-11-26(12-4-1)27-19-21-29(22-20-27)38-40-37(28-13-5-2-6-14-28)41-39(42-38)30-23-24-35-33-17-8-7-15-31(33)32-16-9-10-18-34(32)36(35)25-30/h1-25H/i7D,8D,9D,10D,15D,16D,17D,18D,23D,24D,25D. The van der Waals surface area contributed by atoms with E-state index < -0.39 is 66.5 Å². The lowest BCUT2D eigenvalue weighted by Gasteiger charge is -2.12. The van der Waals surface area contributed by atoms with Gasteiger partial charge in [0.25, 0.3) is 0 Å². The number of rotatable bonds is 4. The van der Waals surface area contributed by atoms with Crippen LogP contribution in [0.25, 0.3) is 77.6 Å². The molecule has 0 unspecified atom stereocenters. The van der Waals surface area contributed by atoms with Gasteiger partial charge in [0.1, 0.15) is 0 Å². The monoisotopic (exact) mass is 546 g/mol. The molecule has 0 saturated heterocycles. The lowest BCUT2D eigenvalue weighted by Crippen LogP contribution is -2.00. The van der Waals surface area contributed by atoms with E-state index in [0.717, 1.165) is 11.1 Å². The van der Waals surface area contributed by atoms with Crippen LogP contribution in [0, 0.1) is 0 Å². The summed E-state index contributed by atoms with van der Waals surface area (Å²) in [6, 6.07) is 20.2. The molecule has 1 aromatic heterocycles. The number of hydrogen-bond acceptors (Lipinski definition) is 3. The van der Waals surface area contributed by atoms with E-state index in [1.165, 1.54) is 0 Å². The number of hydrogen-bond donors (Lipinski definition) is 0. The molecule has 0 aliphatic heterocycles. The minimum atomic E-state index is -0.626. The molecule has 0 bridgehead atoms. The molecule has 0 fully saturated rings. The van der Waals surface area contributed by atoms with Gasteiger partial charge in [-0.25, -0.2) is 15.0 Å². The van der Waals surface area contributed by atoms with Crippen molar-refractivity contribution in [2.75, 3.05) is 0 Å². The van der Waals surface area contributed by atoms with Gasteiger partial charge in [0, 0.05) is 16.7 Å². The maximum Gasteiger partial charge on any atom is 0.164 e. The lowest BCUT2D eigenvalue weighted by atomic mass is 9.93. The van der Waals surface area contributed by atoms with Gasteiger partial charge in [-0.15, -0.1) is 0 Å². The summed E-state index contributed by atoms with van der Waals surface area (Å²) in [7, 11) is 0. The first kappa shape index (κ1) is 15.4. The van der Waals surface area contributed by atoms with Gasteiger partial charge in [-0.2, -0.15) is 0 Å². The highest BCUT2D eigenvalue weighted by Gasteiger charge is 2.15. The molecule has 8 aromatic rings. The number of fused-ring (bicyclic) bond motifs is 6. The van der Waals surface area contributed by atoms with Crippen LogP contribution >= 0.6 is 0 Å². The van der Waals surface area contributed by atoms with Gasteiger partial charge in [0.05, 0.1) is 15.1 Å². The van der Waals surface area contributed by atoms with Gasteiger partial charge in [-0.3, -0.25) is 0 Å². The Labute approximate surface area is 259 Å². The van der Waals surface area contributed by atoms with E-state index in [1.54, 1.807) is 12.1 Å². The van der Waals surface area contributed by atoms with Crippen molar-refractivity contribution in [1.29, 1.82) is 0 Å². The normalized spacial score (nSPS) is 15.0. The first-order valence-electron chi connectivity index (χ1n) is 18.7. The van der Waals surface area contributed by atoms with Crippen molar-refractivity contribution in [2.45, 2.75) is 0 Å². The Morgan fingerprint density at radius 2 is 0.714 bits per heavy atom. The second-order valence-electron chi connectivity index (χ2n) is 9.62. The highest BCUT2D eigenvalue weighted by molar-refractivity contribution is 6.25. The average Bonchev–Trinajstić information content (AvgIpc) is 3.19. The Bertz CT molecular complexity index is 2790. The quantitative estimate of drug-likeness (QED) is 0.206. The van der Waals surface area contributed by atoms with Gasteiger partial charge < -0.3 is 0 Å². The Morgan fingerprint density at radius 1 is 0.333 bits per heavy atom. The smallest absolute Gasteiger partial charge is 0.164 e. The molecule has 196 valence electrons. The largest absolute Gasteiger partial charge is 0.208 e. The lowest BCUT2D eigenvalue weighted by molar-refractivity contribution is 1.07. The van der Waals surface area contributed by atoms with E-state index in [-0.39, 0.29) is 55.4 Å². The highest BCUT2D eigenvalue weighted by Crippen LogP contribution is 2.37. The van der Waals surface area contributed by atoms with Crippen molar-refractivity contribution in [3.63, 3.8) is 0 Å². The summed E-state index contributed by atoms with van der Waals surface area (Å²) in [6.07, 6.45) is 0. The molecule has 1 heterocycles. The van der Waals surface area contributed by atoms with Crippen molar-refractivity contribution >= 4 is 32.3 Å². The second kappa shape index (κ2) is 10.1. The molecule has 0 atom stereocenters. The van der Waals surface area contributed by atoms with Crippen LogP contribution < -0.4 is 0 Å². The average molecular weight is 547 g/mol. The molecule has 8 rings (SSSR count). The molecule has 0 aliphatic carbocycles. The molecule has 0 saturated carbocycles. The van der Waals surface area contributed by atoms with Crippen molar-refractivity contribution in [1.82, 2.24) is 15.0 Å². The summed E-state index contributed by atoms with van der Waals surface area (Å²) in [6.45, 7) is 0. The maximum absolute atomic E-state index is 9.61. The molecule has 0 N–H and O–H groups in total. The fraction of sp³-hybridized carbons (Fsp3) is 0. The fourth-order valence-corrected chi connectivity index (χ4v) is 5.04. The topological polar surface area (TPSA) is 38.7 Å². The van der Waals surface area contributed by atoms with E-state index in [4.69, 9.17) is 20.9 Å². The minimum absolute atomic E-state index is 0.129. The first-order valence-corrected chi connectivity index (χ1v) is 13.2. The predicted molar refractivity (Wildman–Crippen MR) is 174 cm³/mol. The number of nitrogens with zero attached hydrogens (tertiary/aromatic N) is 3. The van der Waals surface area contributed by atoms with Crippen LogP contribution in [0.1, 0.15) is 15.1 Å². The third kappa shape index (κ3) is 4.20. The van der Waals surface area contributed by atoms with Crippen molar-refractivity contribution in [2.24, 2.45) is 0 Å². The van der Waals surface area contributed by atoms with Gasteiger partial charge >= 0.3 is 0 Å². The van der Waals surface area contributed by atoms with Crippen LogP contribution in [0.2, 0.25) is 0 Å². The molecule has 0 spiro atoms. The Kier molecular flexibility index (Phi) is 3.68. The van der Waals surface area contributed by atoms with Crippen LogP contribution in [0.15, 0.2) is 151 Å². The summed E-state index contributed by atoms with van der Waals surface area (Å²) in [5.74, 6) is 0.316. The molecule has 42 heavy (non-hydrogen) atoms. The molecule has 3 nitrogen and oxygen atoms in total. The summed E-state index contributed by atoms with van der Waals surface area (Å²) in [5, 5.41) is -1.27. The fourth-order valence-electron chi connectivity index (χ4n) is 5.04. The molecule has 0 amide bonds. The molecule has 3 heteroatoms. The van der Waals surface area contributed by atoms with Crippen LogP contribution in [0.5, 0.6) is 0 Å². The number of aromatic nitrogens is 3. The molecule has 0 aliphatic rings. The van der Waals surface area contributed by atoms with Crippen molar-refractivity contribution in [3.8, 4) is 45.3 Å². The van der Waals surface area contributed by atoms with E-state index >= 15 is 0 Å². The van der Waals surface area contributed by atoms with Gasteiger partial charge in [0.2, 0.25) is 0 Å². The zero-order chi connectivity index (χ0) is 37.5. The zero-order valence-corrected chi connectivity index (χ0v) is 21.9. The van der Waals surface area contributed by atoms with Crippen LogP contribution in [0.4, 0.5) is 0 Å². The van der Waals surface area contributed by atoms with E-state index in [9.17, 15) is 4.11 Å². The number of benzene rings is 7. The maximum atomic E-state index is 9.61. The third-order valence-corrected chi connectivity index (χ3v) is 7.08. The molecular formula is C39H25N3. The summed E-state index contributed by atoms with van der Waals surface area (Å²) in [4.78, 5) is 14.2. The second-order valence-corrected chi connectivity index (χ2v) is 9.62. The minimum Gasteiger partial charge on any atom is -0.208 e. The Hall–Kier alpha value is -5.67. The van der Waals surface area contributed by atoms with Crippen LogP contribution in [0.3, 0.4) is 0 Å². The zero-order valence-electron chi connectivity index (χ0n) is 32.9. The summed E-state index contributed by atoms with van der Waals surface area (Å²) in [5.41, 5.74) is 2.99. The Balaban J connectivity index is 1.50. The van der Waals surface area contributed by atoms with Gasteiger partial charge in [-0.05, 0) is 49.5 Å². The molecule has 0 radical (unpaired) electrons. The van der Waals surface area contributed by atoms with Crippen molar-refractivity contribution in [3.05, 3.63) is 151 Å². The molecule has 7 aromatic carbocycles. The van der Waals surface area contributed by atoms with Crippen molar-refractivity contribution < 1.29 is 15.1 Å². The van der Waals surface area contributed by atoms with E-state index in [1.807, 2.05) is 72.8 Å². The summed E-state index contributed by atoms with van der Waals surface area (Å²) >= 11 is 0. The van der Waals surface area contributed by atoms with E-state index in [0.29, 0.717) is 11.1 Å². The van der Waals surface area contributed by atoms with Gasteiger partial charge in [-0.1, -0.05) is 145 Å². The van der Waals surface area contributed by atoms with Gasteiger partial charge in [0.15, 0.2) is 17.5 Å². The highest BCUT2D eigenvalue weighted by atomic mass is 15.0. The van der Waals surface area contributed by atoms with Crippen LogP contribution in [-0.2, 0) is 0 Å². The Morgan fingerprint density at radius 3 is 1.26 bits per heavy atom. The SMILES string of the molecule is [2H]c1c([2H])c([2H])c2c(c1[2H])c1c([2H])c([2H])c([2H])c([2H])c1c1c([2H])c(-c3nc(-c4ccccc4)nc(-c4ccc(-c5ccccc5)cc4)n3)c([2H])c([2H])c21. The summed E-state index contributed by atoms with van der Waals surface area (Å²) < 4.78 is 97.3. The third-order valence-electron chi connectivity index (χ3n) is 7.08. The first-order chi connectivity index (χ1) is 25.4. The van der Waals surface area contributed by atoms with Crippen LogP contribution in [-0.4, -0.2) is 15.0 Å². The predicted octanol–water partition coefficient (Wildman–Crippen LogP) is 10.00. The molecular weight excluding hydrogens is 510 g/mol.